The first-order valence-corrected chi connectivity index (χ1v) is 7.92. The molecule has 2 aliphatic rings. The van der Waals surface area contributed by atoms with Gasteiger partial charge in [-0.05, 0) is 6.08 Å². The third kappa shape index (κ3) is 2.88. The van der Waals surface area contributed by atoms with E-state index in [4.69, 9.17) is 0 Å². The number of aromatic nitrogens is 2. The van der Waals surface area contributed by atoms with E-state index in [0.717, 1.165) is 17.0 Å². The van der Waals surface area contributed by atoms with Crippen molar-refractivity contribution < 1.29 is 4.79 Å². The van der Waals surface area contributed by atoms with E-state index < -0.39 is 0 Å². The summed E-state index contributed by atoms with van der Waals surface area (Å²) in [5.41, 5.74) is 2.80. The summed E-state index contributed by atoms with van der Waals surface area (Å²) < 4.78 is 2.00. The van der Waals surface area contributed by atoms with E-state index >= 15 is 0 Å². The number of amides is 1. The minimum Gasteiger partial charge on any atom is -0.336 e. The molecular formula is C19H16N4O. The van der Waals surface area contributed by atoms with Gasteiger partial charge in [0.05, 0.1) is 17.7 Å². The van der Waals surface area contributed by atoms with Gasteiger partial charge in [0, 0.05) is 24.7 Å². The third-order valence-electron chi connectivity index (χ3n) is 4.06. The maximum Gasteiger partial charge on any atom is 0.260 e. The molecule has 0 bridgehead atoms. The first-order chi connectivity index (χ1) is 11.8. The molecule has 0 N–H and O–H groups in total. The number of carbonyl (C=O) groups is 1. The molecule has 5 nitrogen and oxygen atoms in total. The maximum atomic E-state index is 12.1. The zero-order valence-corrected chi connectivity index (χ0v) is 13.0. The lowest BCUT2D eigenvalue weighted by Gasteiger charge is -2.17. The van der Waals surface area contributed by atoms with Crippen LogP contribution in [0.4, 0.5) is 0 Å². The number of hydrogen-bond donors (Lipinski definition) is 0. The largest absolute Gasteiger partial charge is 0.336 e. The fourth-order valence-electron chi connectivity index (χ4n) is 2.80. The summed E-state index contributed by atoms with van der Waals surface area (Å²) in [6.07, 6.45) is 11.9. The van der Waals surface area contributed by atoms with Gasteiger partial charge in [0.25, 0.3) is 5.91 Å². The fourth-order valence-corrected chi connectivity index (χ4v) is 2.80. The van der Waals surface area contributed by atoms with Gasteiger partial charge in [0.1, 0.15) is 11.8 Å². The summed E-state index contributed by atoms with van der Waals surface area (Å²) in [4.78, 5) is 25.1. The molecule has 1 aromatic heterocycles. The topological polar surface area (TPSA) is 59.6 Å². The van der Waals surface area contributed by atoms with Crippen LogP contribution in [0.3, 0.4) is 0 Å². The zero-order chi connectivity index (χ0) is 16.4. The average Bonchev–Trinajstić information content (AvgIpc) is 3.10. The summed E-state index contributed by atoms with van der Waals surface area (Å²) >= 11 is 0. The van der Waals surface area contributed by atoms with Crippen molar-refractivity contribution >= 4 is 17.5 Å². The molecule has 1 aliphatic heterocycles. The monoisotopic (exact) mass is 316 g/mol. The van der Waals surface area contributed by atoms with Crippen molar-refractivity contribution in [2.75, 3.05) is 0 Å². The number of allylic oxidation sites excluding steroid dienone is 3. The van der Waals surface area contributed by atoms with E-state index in [-0.39, 0.29) is 11.8 Å². The number of carbonyl (C=O) groups excluding carboxylic acids is 1. The lowest BCUT2D eigenvalue weighted by Crippen LogP contribution is -2.27. The van der Waals surface area contributed by atoms with Gasteiger partial charge in [-0.1, -0.05) is 48.6 Å². The number of aryl methyl sites for hydroxylation is 1. The predicted molar refractivity (Wildman–Crippen MR) is 93.9 cm³/mol. The van der Waals surface area contributed by atoms with Crippen LogP contribution in [0.2, 0.25) is 0 Å². The molecule has 1 aromatic carbocycles. The first-order valence-electron chi connectivity index (χ1n) is 7.92. The molecule has 24 heavy (non-hydrogen) atoms. The van der Waals surface area contributed by atoms with Crippen molar-refractivity contribution in [1.29, 1.82) is 0 Å². The van der Waals surface area contributed by atoms with Crippen LogP contribution in [0.5, 0.6) is 0 Å². The van der Waals surface area contributed by atoms with Gasteiger partial charge in [-0.2, -0.15) is 4.99 Å². The highest BCUT2D eigenvalue weighted by molar-refractivity contribution is 6.21. The lowest BCUT2D eigenvalue weighted by molar-refractivity contribution is -0.118. The van der Waals surface area contributed by atoms with E-state index in [9.17, 15) is 4.79 Å². The van der Waals surface area contributed by atoms with Crippen LogP contribution in [0.15, 0.2) is 77.1 Å². The number of imidazole rings is 1. The molecule has 2 aromatic rings. The Morgan fingerprint density at radius 2 is 1.96 bits per heavy atom. The Hall–Kier alpha value is -3.08. The number of rotatable bonds is 4. The number of fused-ring (bicyclic) bond motifs is 1. The SMILES string of the molecule is O=C1N=C(CCn2cnc(-c3ccccc3)c2)N=C2C=CC=CC12. The van der Waals surface area contributed by atoms with Crippen molar-refractivity contribution in [1.82, 2.24) is 9.55 Å². The Bertz CT molecular complexity index is 887. The summed E-state index contributed by atoms with van der Waals surface area (Å²) in [5, 5.41) is 0. The Morgan fingerprint density at radius 1 is 1.08 bits per heavy atom. The van der Waals surface area contributed by atoms with E-state index in [0.29, 0.717) is 18.8 Å². The van der Waals surface area contributed by atoms with Crippen molar-refractivity contribution in [3.8, 4) is 11.3 Å². The number of aliphatic imine (C=N–C) groups is 2. The highest BCUT2D eigenvalue weighted by atomic mass is 16.1. The van der Waals surface area contributed by atoms with Gasteiger partial charge in [-0.3, -0.25) is 4.79 Å². The van der Waals surface area contributed by atoms with Gasteiger partial charge in [0.15, 0.2) is 0 Å². The third-order valence-corrected chi connectivity index (χ3v) is 4.06. The summed E-state index contributed by atoms with van der Waals surface area (Å²) in [6, 6.07) is 10.0. The van der Waals surface area contributed by atoms with Crippen LogP contribution >= 0.6 is 0 Å². The van der Waals surface area contributed by atoms with Crippen LogP contribution in [-0.2, 0) is 11.3 Å². The predicted octanol–water partition coefficient (Wildman–Crippen LogP) is 3.06. The Labute approximate surface area is 139 Å². The molecule has 0 saturated carbocycles. The second-order valence-corrected chi connectivity index (χ2v) is 5.74. The molecule has 0 fully saturated rings. The number of benzene rings is 1. The molecule has 0 saturated heterocycles. The van der Waals surface area contributed by atoms with E-state index in [2.05, 4.69) is 15.0 Å². The molecule has 1 unspecified atom stereocenters. The summed E-state index contributed by atoms with van der Waals surface area (Å²) in [5.74, 6) is 0.143. The molecular weight excluding hydrogens is 300 g/mol. The summed E-state index contributed by atoms with van der Waals surface area (Å²) in [7, 11) is 0. The van der Waals surface area contributed by atoms with Crippen LogP contribution in [0.25, 0.3) is 11.3 Å². The van der Waals surface area contributed by atoms with Gasteiger partial charge in [-0.25, -0.2) is 9.98 Å². The molecule has 1 aliphatic carbocycles. The van der Waals surface area contributed by atoms with Crippen molar-refractivity contribution in [2.45, 2.75) is 13.0 Å². The standard InChI is InChI=1S/C19H16N4O/c24-19-15-8-4-5-9-16(15)21-18(22-19)10-11-23-12-17(20-13-23)14-6-2-1-3-7-14/h1-9,12-13,15H,10-11H2. The minimum atomic E-state index is -0.309. The van der Waals surface area contributed by atoms with E-state index in [1.165, 1.54) is 0 Å². The Balaban J connectivity index is 1.45. The average molecular weight is 316 g/mol. The number of amidine groups is 1. The second kappa shape index (κ2) is 6.20. The molecule has 118 valence electrons. The number of nitrogens with zero attached hydrogens (tertiary/aromatic N) is 4. The van der Waals surface area contributed by atoms with E-state index in [1.54, 1.807) is 6.33 Å². The highest BCUT2D eigenvalue weighted by Crippen LogP contribution is 2.18. The molecule has 0 radical (unpaired) electrons. The van der Waals surface area contributed by atoms with E-state index in [1.807, 2.05) is 65.4 Å². The van der Waals surface area contributed by atoms with Crippen LogP contribution in [0, 0.1) is 5.92 Å². The quantitative estimate of drug-likeness (QED) is 0.870. The van der Waals surface area contributed by atoms with Gasteiger partial charge < -0.3 is 4.57 Å². The van der Waals surface area contributed by atoms with Crippen LogP contribution in [0.1, 0.15) is 6.42 Å². The molecule has 5 heteroatoms. The summed E-state index contributed by atoms with van der Waals surface area (Å²) in [6.45, 7) is 0.687. The minimum absolute atomic E-state index is 0.133. The first kappa shape index (κ1) is 14.5. The van der Waals surface area contributed by atoms with Crippen molar-refractivity contribution in [3.05, 3.63) is 67.2 Å². The highest BCUT2D eigenvalue weighted by Gasteiger charge is 2.25. The Morgan fingerprint density at radius 3 is 2.83 bits per heavy atom. The van der Waals surface area contributed by atoms with Gasteiger partial charge in [-0.15, -0.1) is 0 Å². The fraction of sp³-hybridized carbons (Fsp3) is 0.158. The van der Waals surface area contributed by atoms with Crippen molar-refractivity contribution in [3.63, 3.8) is 0 Å². The molecule has 1 atom stereocenters. The normalized spacial score (nSPS) is 19.0. The van der Waals surface area contributed by atoms with Crippen LogP contribution < -0.4 is 0 Å². The van der Waals surface area contributed by atoms with Gasteiger partial charge >= 0.3 is 0 Å². The second-order valence-electron chi connectivity index (χ2n) is 5.74. The smallest absolute Gasteiger partial charge is 0.260 e. The van der Waals surface area contributed by atoms with Crippen LogP contribution in [-0.4, -0.2) is 27.0 Å². The zero-order valence-electron chi connectivity index (χ0n) is 13.0. The molecule has 2 heterocycles. The maximum absolute atomic E-state index is 12.1. The number of hydrogen-bond acceptors (Lipinski definition) is 3. The molecule has 1 amide bonds. The van der Waals surface area contributed by atoms with Gasteiger partial charge in [0.2, 0.25) is 0 Å². The lowest BCUT2D eigenvalue weighted by atomic mass is 9.96. The molecule has 0 spiro atoms. The Kier molecular flexibility index (Phi) is 3.75. The van der Waals surface area contributed by atoms with Crippen molar-refractivity contribution in [2.24, 2.45) is 15.9 Å². The molecule has 4 rings (SSSR count).